The number of β-lactam (4-membered cyclic amide) rings is 1. The Morgan fingerprint density at radius 3 is 1.53 bits per heavy atom. The average molecular weight is 544 g/mol. The van der Waals surface area contributed by atoms with E-state index < -0.39 is 16.6 Å². The Balaban J connectivity index is 1.92. The molecule has 1 saturated heterocycles. The fourth-order valence-electron chi connectivity index (χ4n) is 5.71. The van der Waals surface area contributed by atoms with Crippen LogP contribution in [0.3, 0.4) is 0 Å². The van der Waals surface area contributed by atoms with Crippen LogP contribution in [0.2, 0.25) is 18.1 Å². The van der Waals surface area contributed by atoms with E-state index in [1.165, 1.54) is 0 Å². The molecule has 200 valence electrons. The van der Waals surface area contributed by atoms with Gasteiger partial charge >= 0.3 is 0 Å². The Labute approximate surface area is 230 Å². The van der Waals surface area contributed by atoms with Gasteiger partial charge in [-0.25, -0.2) is 0 Å². The van der Waals surface area contributed by atoms with Crippen LogP contribution in [0, 0.1) is 11.8 Å². The molecular formula is C32H41NO3Si2. The number of aldehydes is 1. The van der Waals surface area contributed by atoms with Crippen LogP contribution < -0.4 is 15.6 Å². The first-order valence-corrected chi connectivity index (χ1v) is 18.4. The topological polar surface area (TPSA) is 46.6 Å². The minimum absolute atomic E-state index is 0.0239. The van der Waals surface area contributed by atoms with Crippen molar-refractivity contribution in [1.82, 2.24) is 4.57 Å². The number of nitrogens with zero attached hydrogens (tertiary/aromatic N) is 1. The first kappa shape index (κ1) is 28.2. The van der Waals surface area contributed by atoms with Crippen molar-refractivity contribution in [3.05, 3.63) is 91.0 Å². The Bertz CT molecular complexity index is 1150. The van der Waals surface area contributed by atoms with Crippen LogP contribution in [0.4, 0.5) is 0 Å². The van der Waals surface area contributed by atoms with Gasteiger partial charge in [-0.15, -0.1) is 0 Å². The molecule has 6 heteroatoms. The lowest BCUT2D eigenvalue weighted by Gasteiger charge is -2.60. The SMILES string of the molecule is C[C@H](C=O)[C@@H]1[C@@H]([C@@H](C)O[Si](C)(C)C(C)(C)C)C(=O)N1[Si](c1ccccc1)(c1ccccc1)c1ccccc1. The molecule has 1 heterocycles. The van der Waals surface area contributed by atoms with Crippen LogP contribution >= 0.6 is 0 Å². The summed E-state index contributed by atoms with van der Waals surface area (Å²) in [4.78, 5) is 26.9. The summed E-state index contributed by atoms with van der Waals surface area (Å²) in [6.07, 6.45) is 0.733. The standard InChI is InChI=1S/C32H41NO3Si2/c1-24(23-34)30-29(25(2)36-37(6,7)32(3,4)5)31(35)33(30)38(26-17-11-8-12-18-26,27-19-13-9-14-20-27)28-21-15-10-16-22-28/h8-25,29-30H,1-7H3/t24-,25-,29-,30-/m1/s1. The number of hydrogen-bond donors (Lipinski definition) is 0. The van der Waals surface area contributed by atoms with Gasteiger partial charge in [-0.3, -0.25) is 4.79 Å². The van der Waals surface area contributed by atoms with Crippen molar-refractivity contribution in [3.63, 3.8) is 0 Å². The fourth-order valence-corrected chi connectivity index (χ4v) is 12.3. The number of benzene rings is 3. The average Bonchev–Trinajstić information content (AvgIpc) is 2.90. The molecule has 0 bridgehead atoms. The van der Waals surface area contributed by atoms with Crippen molar-refractivity contribution < 1.29 is 14.0 Å². The van der Waals surface area contributed by atoms with Gasteiger partial charge < -0.3 is 13.8 Å². The lowest BCUT2D eigenvalue weighted by molar-refractivity contribution is -0.157. The maximum absolute atomic E-state index is 14.5. The zero-order chi connectivity index (χ0) is 27.7. The van der Waals surface area contributed by atoms with E-state index in [4.69, 9.17) is 4.43 Å². The Morgan fingerprint density at radius 2 is 1.18 bits per heavy atom. The Kier molecular flexibility index (Phi) is 7.98. The minimum Gasteiger partial charge on any atom is -0.413 e. The normalized spacial score (nSPS) is 20.0. The molecule has 4 atom stereocenters. The third-order valence-electron chi connectivity index (χ3n) is 8.67. The second kappa shape index (κ2) is 10.8. The molecule has 1 aliphatic rings. The fraction of sp³-hybridized carbons (Fsp3) is 0.375. The van der Waals surface area contributed by atoms with Gasteiger partial charge in [-0.05, 0) is 40.6 Å². The van der Waals surface area contributed by atoms with Crippen molar-refractivity contribution in [1.29, 1.82) is 0 Å². The molecule has 0 aliphatic carbocycles. The van der Waals surface area contributed by atoms with Gasteiger partial charge in [0.05, 0.1) is 12.0 Å². The summed E-state index contributed by atoms with van der Waals surface area (Å²) < 4.78 is 8.88. The molecule has 0 radical (unpaired) electrons. The summed E-state index contributed by atoms with van der Waals surface area (Å²) in [6.45, 7) is 15.1. The molecule has 0 N–H and O–H groups in total. The Hall–Kier alpha value is -2.81. The number of amides is 1. The monoisotopic (exact) mass is 543 g/mol. The molecule has 4 nitrogen and oxygen atoms in total. The highest BCUT2D eigenvalue weighted by molar-refractivity contribution is 7.10. The van der Waals surface area contributed by atoms with Crippen molar-refractivity contribution in [2.24, 2.45) is 11.8 Å². The summed E-state index contributed by atoms with van der Waals surface area (Å²) in [5.41, 5.74) is 0. The maximum Gasteiger partial charge on any atom is 0.255 e. The van der Waals surface area contributed by atoms with Crippen LogP contribution in [-0.4, -0.2) is 45.5 Å². The Morgan fingerprint density at radius 1 is 0.789 bits per heavy atom. The molecule has 3 aromatic carbocycles. The van der Waals surface area contributed by atoms with E-state index >= 15 is 0 Å². The molecule has 4 rings (SSSR count). The molecule has 0 saturated carbocycles. The van der Waals surface area contributed by atoms with E-state index in [0.717, 1.165) is 21.8 Å². The summed E-state index contributed by atoms with van der Waals surface area (Å²) in [5.74, 6) is -0.614. The lowest BCUT2D eigenvalue weighted by Crippen LogP contribution is -2.87. The summed E-state index contributed by atoms with van der Waals surface area (Å²) in [7, 11) is -5.17. The molecule has 1 aliphatic heterocycles. The van der Waals surface area contributed by atoms with Crippen molar-refractivity contribution in [2.45, 2.75) is 64.9 Å². The van der Waals surface area contributed by atoms with Gasteiger partial charge in [0.15, 0.2) is 8.32 Å². The van der Waals surface area contributed by atoms with Gasteiger partial charge in [0.1, 0.15) is 6.29 Å². The molecule has 1 fully saturated rings. The van der Waals surface area contributed by atoms with Gasteiger partial charge in [0.25, 0.3) is 8.24 Å². The van der Waals surface area contributed by atoms with E-state index in [0.29, 0.717) is 0 Å². The predicted octanol–water partition coefficient (Wildman–Crippen LogP) is 4.73. The second-order valence-electron chi connectivity index (χ2n) is 12.1. The molecule has 1 amide bonds. The maximum atomic E-state index is 14.5. The number of hydrogen-bond acceptors (Lipinski definition) is 3. The third kappa shape index (κ3) is 4.74. The molecule has 38 heavy (non-hydrogen) atoms. The third-order valence-corrected chi connectivity index (χ3v) is 18.0. The second-order valence-corrected chi connectivity index (χ2v) is 20.5. The van der Waals surface area contributed by atoms with Gasteiger partial charge in [-0.1, -0.05) is 119 Å². The number of carbonyl (C=O) groups is 2. The zero-order valence-corrected chi connectivity index (χ0v) is 25.7. The molecular weight excluding hydrogens is 503 g/mol. The first-order chi connectivity index (χ1) is 18.0. The first-order valence-electron chi connectivity index (χ1n) is 13.6. The van der Waals surface area contributed by atoms with Crippen LogP contribution in [-0.2, 0) is 14.0 Å². The van der Waals surface area contributed by atoms with Crippen molar-refractivity contribution in [2.75, 3.05) is 0 Å². The van der Waals surface area contributed by atoms with Crippen LogP contribution in [0.5, 0.6) is 0 Å². The summed E-state index contributed by atoms with van der Waals surface area (Å²) in [6, 6.07) is 30.9. The highest BCUT2D eigenvalue weighted by Crippen LogP contribution is 2.43. The van der Waals surface area contributed by atoms with Gasteiger partial charge in [-0.2, -0.15) is 0 Å². The quantitative estimate of drug-likeness (QED) is 0.170. The number of rotatable bonds is 9. The van der Waals surface area contributed by atoms with E-state index in [9.17, 15) is 9.59 Å². The van der Waals surface area contributed by atoms with Crippen LogP contribution in [0.15, 0.2) is 91.0 Å². The predicted molar refractivity (Wildman–Crippen MR) is 161 cm³/mol. The zero-order valence-electron chi connectivity index (χ0n) is 23.7. The van der Waals surface area contributed by atoms with E-state index in [-0.39, 0.29) is 34.9 Å². The smallest absolute Gasteiger partial charge is 0.255 e. The highest BCUT2D eigenvalue weighted by atomic mass is 28.4. The minimum atomic E-state index is -3.05. The lowest BCUT2D eigenvalue weighted by atomic mass is 9.79. The largest absolute Gasteiger partial charge is 0.413 e. The van der Waals surface area contributed by atoms with E-state index in [2.05, 4.69) is 74.8 Å². The van der Waals surface area contributed by atoms with Crippen LogP contribution in [0.1, 0.15) is 34.6 Å². The van der Waals surface area contributed by atoms with Crippen LogP contribution in [0.25, 0.3) is 0 Å². The molecule has 0 unspecified atom stereocenters. The summed E-state index contributed by atoms with van der Waals surface area (Å²) in [5, 5.41) is 3.41. The number of carbonyl (C=O) groups excluding carboxylic acids is 2. The van der Waals surface area contributed by atoms with Crippen molar-refractivity contribution in [3.8, 4) is 0 Å². The molecule has 3 aromatic rings. The molecule has 0 spiro atoms. The highest BCUT2D eigenvalue weighted by Gasteiger charge is 2.63. The molecule has 0 aromatic heterocycles. The summed E-state index contributed by atoms with van der Waals surface area (Å²) >= 11 is 0. The van der Waals surface area contributed by atoms with E-state index in [1.54, 1.807) is 0 Å². The van der Waals surface area contributed by atoms with Gasteiger partial charge in [0.2, 0.25) is 5.91 Å². The van der Waals surface area contributed by atoms with E-state index in [1.807, 2.05) is 68.4 Å². The van der Waals surface area contributed by atoms with Crippen molar-refractivity contribution >= 4 is 44.3 Å². The van der Waals surface area contributed by atoms with Gasteiger partial charge in [0, 0.05) is 12.0 Å².